The molecule has 0 aromatic heterocycles. The van der Waals surface area contributed by atoms with Crippen molar-refractivity contribution in [3.05, 3.63) is 0 Å². The lowest BCUT2D eigenvalue weighted by Crippen LogP contribution is -2.37. The number of likely N-dealkylation sites (tertiary alicyclic amines) is 2. The monoisotopic (exact) mass is 238 g/mol. The van der Waals surface area contributed by atoms with Gasteiger partial charge in [-0.1, -0.05) is 6.92 Å². The smallest absolute Gasteiger partial charge is 0.308 e. The fourth-order valence-electron chi connectivity index (χ4n) is 3.46. The molecule has 1 N–H and O–H groups in total. The molecule has 4 nitrogen and oxygen atoms in total. The van der Waals surface area contributed by atoms with Crippen LogP contribution in [0.5, 0.6) is 0 Å². The molecule has 4 heteroatoms. The van der Waals surface area contributed by atoms with Crippen LogP contribution in [0.3, 0.4) is 0 Å². The van der Waals surface area contributed by atoms with Gasteiger partial charge in [0, 0.05) is 38.3 Å². The van der Waals surface area contributed by atoms with Gasteiger partial charge in [0.1, 0.15) is 0 Å². The van der Waals surface area contributed by atoms with Crippen LogP contribution in [-0.4, -0.2) is 59.1 Å². The van der Waals surface area contributed by atoms with Gasteiger partial charge in [0.05, 0.1) is 5.92 Å². The van der Waals surface area contributed by atoms with E-state index in [9.17, 15) is 4.79 Å². The van der Waals surface area contributed by atoms with Crippen LogP contribution in [0.1, 0.15) is 26.2 Å². The van der Waals surface area contributed by atoms with Gasteiger partial charge in [-0.15, -0.1) is 0 Å². The summed E-state index contributed by atoms with van der Waals surface area (Å²) in [6, 6.07) is 1.47. The van der Waals surface area contributed by atoms with Gasteiger partial charge >= 0.3 is 5.97 Å². The summed E-state index contributed by atoms with van der Waals surface area (Å²) in [5.74, 6) is -0.454. The largest absolute Gasteiger partial charge is 0.481 e. The van der Waals surface area contributed by atoms with Crippen LogP contribution in [0.25, 0.3) is 0 Å². The summed E-state index contributed by atoms with van der Waals surface area (Å²) >= 11 is 0. The molecule has 0 bridgehead atoms. The first-order chi connectivity index (χ1) is 8.15. The molecule has 1 saturated carbocycles. The number of carboxylic acid groups (broad SMARTS) is 1. The molecule has 3 rings (SSSR count). The molecule has 0 aromatic rings. The molecule has 0 amide bonds. The molecule has 0 radical (unpaired) electrons. The van der Waals surface area contributed by atoms with E-state index in [1.165, 1.54) is 32.4 Å². The molecule has 3 fully saturated rings. The molecule has 3 aliphatic rings. The predicted molar refractivity (Wildman–Crippen MR) is 64.9 cm³/mol. The minimum atomic E-state index is -0.614. The Labute approximate surface area is 103 Å². The lowest BCUT2D eigenvalue weighted by molar-refractivity contribution is -0.142. The van der Waals surface area contributed by atoms with Gasteiger partial charge in [-0.25, -0.2) is 0 Å². The third kappa shape index (κ3) is 2.20. The first-order valence-electron chi connectivity index (χ1n) is 6.86. The lowest BCUT2D eigenvalue weighted by Gasteiger charge is -2.24. The van der Waals surface area contributed by atoms with Gasteiger partial charge in [0.25, 0.3) is 0 Å². The van der Waals surface area contributed by atoms with Crippen molar-refractivity contribution in [3.8, 4) is 0 Å². The van der Waals surface area contributed by atoms with Crippen LogP contribution >= 0.6 is 0 Å². The van der Waals surface area contributed by atoms with E-state index in [1.807, 2.05) is 0 Å². The maximum atomic E-state index is 11.1. The zero-order chi connectivity index (χ0) is 12.0. The van der Waals surface area contributed by atoms with E-state index in [2.05, 4.69) is 16.7 Å². The van der Waals surface area contributed by atoms with Crippen molar-refractivity contribution in [2.24, 2.45) is 11.8 Å². The van der Waals surface area contributed by atoms with Crippen molar-refractivity contribution in [1.29, 1.82) is 0 Å². The van der Waals surface area contributed by atoms with E-state index in [1.54, 1.807) is 0 Å². The summed E-state index contributed by atoms with van der Waals surface area (Å²) in [5.41, 5.74) is 0. The van der Waals surface area contributed by atoms with Gasteiger partial charge < -0.3 is 5.11 Å². The molecule has 1 unspecified atom stereocenters. The molecule has 17 heavy (non-hydrogen) atoms. The van der Waals surface area contributed by atoms with Gasteiger partial charge in [-0.05, 0) is 25.2 Å². The number of carbonyl (C=O) groups is 1. The zero-order valence-corrected chi connectivity index (χ0v) is 10.5. The second-order valence-corrected chi connectivity index (χ2v) is 6.04. The van der Waals surface area contributed by atoms with E-state index in [-0.39, 0.29) is 5.92 Å². The molecule has 2 aliphatic heterocycles. The third-order valence-electron chi connectivity index (χ3n) is 4.73. The van der Waals surface area contributed by atoms with Crippen LogP contribution in [0.2, 0.25) is 0 Å². The molecule has 2 saturated heterocycles. The molecule has 0 spiro atoms. The van der Waals surface area contributed by atoms with E-state index < -0.39 is 5.97 Å². The highest BCUT2D eigenvalue weighted by Gasteiger charge is 2.41. The van der Waals surface area contributed by atoms with E-state index >= 15 is 0 Å². The quantitative estimate of drug-likeness (QED) is 0.792. The van der Waals surface area contributed by atoms with Crippen molar-refractivity contribution < 1.29 is 9.90 Å². The Kier molecular flexibility index (Phi) is 2.87. The summed E-state index contributed by atoms with van der Waals surface area (Å²) in [5, 5.41) is 9.16. The summed E-state index contributed by atoms with van der Waals surface area (Å²) in [4.78, 5) is 16.1. The van der Waals surface area contributed by atoms with Crippen molar-refractivity contribution in [3.63, 3.8) is 0 Å². The van der Waals surface area contributed by atoms with Crippen molar-refractivity contribution in [1.82, 2.24) is 9.80 Å². The second kappa shape index (κ2) is 4.25. The van der Waals surface area contributed by atoms with Gasteiger partial charge in [0.15, 0.2) is 0 Å². The number of hydrogen-bond acceptors (Lipinski definition) is 3. The molecule has 3 atom stereocenters. The number of nitrogens with zero attached hydrogens (tertiary/aromatic N) is 2. The number of hydrogen-bond donors (Lipinski definition) is 1. The third-order valence-corrected chi connectivity index (χ3v) is 4.73. The Morgan fingerprint density at radius 2 is 1.82 bits per heavy atom. The van der Waals surface area contributed by atoms with Gasteiger partial charge in [0.2, 0.25) is 0 Å². The van der Waals surface area contributed by atoms with E-state index in [0.717, 1.165) is 19.1 Å². The molecule has 1 aliphatic carbocycles. The van der Waals surface area contributed by atoms with Gasteiger partial charge in [-0.2, -0.15) is 0 Å². The van der Waals surface area contributed by atoms with Crippen molar-refractivity contribution in [2.45, 2.75) is 38.3 Å². The lowest BCUT2D eigenvalue weighted by atomic mass is 9.99. The van der Waals surface area contributed by atoms with E-state index in [4.69, 9.17) is 5.11 Å². The Morgan fingerprint density at radius 1 is 1.06 bits per heavy atom. The van der Waals surface area contributed by atoms with Crippen molar-refractivity contribution in [2.75, 3.05) is 26.2 Å². The second-order valence-electron chi connectivity index (χ2n) is 6.04. The Bertz CT molecular complexity index is 317. The number of aliphatic carboxylic acids is 1. The molecular formula is C13H22N2O2. The van der Waals surface area contributed by atoms with Crippen LogP contribution in [0.4, 0.5) is 0 Å². The molecule has 2 heterocycles. The Balaban J connectivity index is 1.57. The fourth-order valence-corrected chi connectivity index (χ4v) is 3.46. The van der Waals surface area contributed by atoms with E-state index in [0.29, 0.717) is 12.0 Å². The fraction of sp³-hybridized carbons (Fsp3) is 0.923. The summed E-state index contributed by atoms with van der Waals surface area (Å²) in [6.45, 7) is 6.20. The molecular weight excluding hydrogens is 216 g/mol. The SMILES string of the molecule is C[C@@H]1CN(C2CCN(C3CC3)C2)C[C@H]1C(=O)O. The van der Waals surface area contributed by atoms with Gasteiger partial charge in [-0.3, -0.25) is 14.6 Å². The predicted octanol–water partition coefficient (Wildman–Crippen LogP) is 0.876. The Hall–Kier alpha value is -0.610. The summed E-state index contributed by atoms with van der Waals surface area (Å²) in [6.07, 6.45) is 3.98. The first kappa shape index (κ1) is 11.5. The van der Waals surface area contributed by atoms with Crippen molar-refractivity contribution >= 4 is 5.97 Å². The highest BCUT2D eigenvalue weighted by Crippen LogP contribution is 2.33. The topological polar surface area (TPSA) is 43.8 Å². The van der Waals surface area contributed by atoms with Crippen LogP contribution in [-0.2, 0) is 4.79 Å². The van der Waals surface area contributed by atoms with Crippen LogP contribution < -0.4 is 0 Å². The standard InChI is InChI=1S/C13H22N2O2/c1-9-6-15(8-12(9)13(16)17)11-4-5-14(7-11)10-2-3-10/h9-12H,2-8H2,1H3,(H,16,17)/t9-,11?,12-/m1/s1. The molecule has 0 aromatic carbocycles. The van der Waals surface area contributed by atoms with Crippen LogP contribution in [0.15, 0.2) is 0 Å². The maximum absolute atomic E-state index is 11.1. The normalized spacial score (nSPS) is 39.9. The Morgan fingerprint density at radius 3 is 2.41 bits per heavy atom. The minimum Gasteiger partial charge on any atom is -0.481 e. The summed E-state index contributed by atoms with van der Waals surface area (Å²) in [7, 11) is 0. The molecule has 96 valence electrons. The minimum absolute atomic E-state index is 0.148. The average Bonchev–Trinajstić information content (AvgIpc) is 2.88. The maximum Gasteiger partial charge on any atom is 0.308 e. The zero-order valence-electron chi connectivity index (χ0n) is 10.5. The summed E-state index contributed by atoms with van der Waals surface area (Å²) < 4.78 is 0. The highest BCUT2D eigenvalue weighted by atomic mass is 16.4. The number of rotatable bonds is 3. The first-order valence-corrected chi connectivity index (χ1v) is 6.86. The average molecular weight is 238 g/mol. The number of carboxylic acids is 1. The van der Waals surface area contributed by atoms with Crippen LogP contribution in [0, 0.1) is 11.8 Å². The highest BCUT2D eigenvalue weighted by molar-refractivity contribution is 5.71.